The highest BCUT2D eigenvalue weighted by molar-refractivity contribution is 7.25. The van der Waals surface area contributed by atoms with E-state index < -0.39 is 0 Å². The molecule has 5 heteroatoms. The Morgan fingerprint density at radius 3 is 1.76 bits per heavy atom. The quantitative estimate of drug-likeness (QED) is 0.0862. The molecule has 0 spiro atoms. The van der Waals surface area contributed by atoms with Gasteiger partial charge < -0.3 is 0 Å². The maximum Gasteiger partial charge on any atom is 0.262 e. The smallest absolute Gasteiger partial charge is 0.262 e. The predicted molar refractivity (Wildman–Crippen MR) is 193 cm³/mol. The second kappa shape index (κ2) is 9.91. The Morgan fingerprint density at radius 2 is 1.16 bits per heavy atom. The first-order valence-corrected chi connectivity index (χ1v) is 16.2. The van der Waals surface area contributed by atoms with Crippen molar-refractivity contribution in [2.24, 2.45) is 0 Å². The Kier molecular flexibility index (Phi) is 5.67. The number of rotatable bonds is 4. The molecule has 9 aromatic rings. The molecule has 0 unspecified atom stereocenters. The molecular weight excluding hydrogens is 587 g/mol. The van der Waals surface area contributed by atoms with Gasteiger partial charge in [0, 0.05) is 14.8 Å². The van der Waals surface area contributed by atoms with Crippen LogP contribution in [0.3, 0.4) is 0 Å². The van der Waals surface area contributed by atoms with Crippen molar-refractivity contribution in [2.45, 2.75) is 0 Å². The molecule has 208 valence electrons. The largest absolute Gasteiger partial charge is 0.292 e. The summed E-state index contributed by atoms with van der Waals surface area (Å²) in [5.74, 6) is 0. The highest BCUT2D eigenvalue weighted by atomic mass is 32.1. The van der Waals surface area contributed by atoms with Crippen molar-refractivity contribution in [1.82, 2.24) is 0 Å². The summed E-state index contributed by atoms with van der Waals surface area (Å²) in [6, 6.07) is 45.6. The van der Waals surface area contributed by atoms with Crippen molar-refractivity contribution in [1.29, 1.82) is 5.26 Å². The number of fused-ring (bicyclic) bond motifs is 4. The fourth-order valence-corrected chi connectivity index (χ4v) is 9.02. The number of hydrogen-bond donors (Lipinski definition) is 0. The van der Waals surface area contributed by atoms with E-state index in [4.69, 9.17) is 6.57 Å². The van der Waals surface area contributed by atoms with Gasteiger partial charge in [0.25, 0.3) is 5.70 Å². The van der Waals surface area contributed by atoms with Crippen LogP contribution in [-0.2, 0) is 0 Å². The molecule has 0 aliphatic heterocycles. The zero-order chi connectivity index (χ0) is 30.1. The van der Waals surface area contributed by atoms with Crippen LogP contribution in [0.15, 0.2) is 127 Å². The summed E-state index contributed by atoms with van der Waals surface area (Å²) in [6.45, 7) is 7.40. The van der Waals surface area contributed by atoms with Crippen LogP contribution in [0.2, 0.25) is 0 Å². The minimum Gasteiger partial charge on any atom is -0.292 e. The third-order valence-electron chi connectivity index (χ3n) is 8.71. The zero-order valence-electron chi connectivity index (χ0n) is 23.8. The molecular formula is C40H21N3S2. The van der Waals surface area contributed by atoms with E-state index in [-0.39, 0.29) is 5.70 Å². The zero-order valence-corrected chi connectivity index (χ0v) is 25.4. The van der Waals surface area contributed by atoms with Gasteiger partial charge in [0.05, 0.1) is 18.3 Å². The van der Waals surface area contributed by atoms with E-state index in [1.165, 1.54) is 62.5 Å². The molecule has 0 atom stereocenters. The normalized spacial score (nSPS) is 12.1. The lowest BCUT2D eigenvalue weighted by atomic mass is 9.87. The second-order valence-electron chi connectivity index (χ2n) is 11.1. The predicted octanol–water partition coefficient (Wildman–Crippen LogP) is 12.4. The maximum absolute atomic E-state index is 9.44. The Morgan fingerprint density at radius 1 is 0.622 bits per heavy atom. The highest BCUT2D eigenvalue weighted by Gasteiger charge is 2.22. The van der Waals surface area contributed by atoms with Crippen LogP contribution < -0.4 is 4.90 Å². The minimum atomic E-state index is 0.0845. The van der Waals surface area contributed by atoms with Gasteiger partial charge in [-0.25, -0.2) is 10.1 Å². The van der Waals surface area contributed by atoms with Crippen LogP contribution >= 0.6 is 22.7 Å². The topological polar surface area (TPSA) is 31.4 Å². The Labute approximate surface area is 266 Å². The molecule has 0 aliphatic rings. The van der Waals surface area contributed by atoms with Gasteiger partial charge in [-0.2, -0.15) is 0 Å². The van der Waals surface area contributed by atoms with Crippen molar-refractivity contribution >= 4 is 108 Å². The average Bonchev–Trinajstić information content (AvgIpc) is 3.71. The van der Waals surface area contributed by atoms with Crippen LogP contribution in [-0.4, -0.2) is 0 Å². The molecule has 0 saturated carbocycles. The first-order valence-electron chi connectivity index (χ1n) is 14.6. The van der Waals surface area contributed by atoms with E-state index in [1.807, 2.05) is 34.8 Å². The third kappa shape index (κ3) is 3.86. The van der Waals surface area contributed by atoms with Crippen LogP contribution in [0.1, 0.15) is 5.56 Å². The summed E-state index contributed by atoms with van der Waals surface area (Å²) in [4.78, 5) is 5.85. The van der Waals surface area contributed by atoms with Crippen molar-refractivity contribution in [2.75, 3.05) is 4.90 Å². The van der Waals surface area contributed by atoms with Crippen molar-refractivity contribution in [3.63, 3.8) is 0 Å². The molecule has 9 rings (SSSR count). The summed E-state index contributed by atoms with van der Waals surface area (Å²) in [7, 11) is 0. The number of thiophene rings is 2. The Hall–Kier alpha value is -5.72. The maximum atomic E-state index is 9.44. The lowest BCUT2D eigenvalue weighted by molar-refractivity contribution is 1.38. The van der Waals surface area contributed by atoms with Crippen molar-refractivity contribution < 1.29 is 0 Å². The third-order valence-corrected chi connectivity index (χ3v) is 10.9. The monoisotopic (exact) mass is 607 g/mol. The summed E-state index contributed by atoms with van der Waals surface area (Å²) in [5.41, 5.74) is 2.12. The fourth-order valence-electron chi connectivity index (χ4n) is 6.78. The lowest BCUT2D eigenvalue weighted by Gasteiger charge is -2.25. The second-order valence-corrected chi connectivity index (χ2v) is 13.2. The highest BCUT2D eigenvalue weighted by Crippen LogP contribution is 2.50. The Balaban J connectivity index is 1.36. The number of nitriles is 1. The van der Waals surface area contributed by atoms with Crippen LogP contribution in [0.25, 0.3) is 74.2 Å². The van der Waals surface area contributed by atoms with Crippen molar-refractivity contribution in [3.8, 4) is 6.07 Å². The fraction of sp³-hybridized carbons (Fsp3) is 0. The van der Waals surface area contributed by atoms with E-state index in [0.29, 0.717) is 0 Å². The van der Waals surface area contributed by atoms with Crippen molar-refractivity contribution in [3.05, 3.63) is 144 Å². The van der Waals surface area contributed by atoms with E-state index in [9.17, 15) is 5.26 Å². The van der Waals surface area contributed by atoms with Crippen LogP contribution in [0.5, 0.6) is 0 Å². The number of nitrogens with zero attached hydrogens (tertiary/aromatic N) is 3. The van der Waals surface area contributed by atoms with Gasteiger partial charge in [0.15, 0.2) is 0 Å². The van der Waals surface area contributed by atoms with E-state index in [1.54, 1.807) is 6.08 Å². The molecule has 0 N–H and O–H groups in total. The SMILES string of the molecule is [C-]#[N+]/C(C#N)=C\c1ccc2c3ccc(N(c4cc5ccccc5s4)c4cc5ccccc5s4)c4cccc(c5cccc1c52)c43. The van der Waals surface area contributed by atoms with E-state index >= 15 is 0 Å². The summed E-state index contributed by atoms with van der Waals surface area (Å²) < 4.78 is 2.54. The lowest BCUT2D eigenvalue weighted by Crippen LogP contribution is -2.07. The van der Waals surface area contributed by atoms with E-state index in [2.05, 4.69) is 125 Å². The van der Waals surface area contributed by atoms with Gasteiger partial charge in [-0.1, -0.05) is 91.0 Å². The standard InChI is InChI=1S/C40H21N3S2/c1-42-27(23-41)20-24-16-17-31-32-18-19-34(33-13-7-12-30(40(32)33)29-11-6-10-28(24)39(29)31)43(37-21-25-8-2-4-14-35(25)44-37)38-22-26-9-3-5-15-36(26)45-38/h2-22H/b27-20-. The summed E-state index contributed by atoms with van der Waals surface area (Å²) in [6.07, 6.45) is 1.70. The molecule has 3 nitrogen and oxygen atoms in total. The molecule has 2 aromatic heterocycles. The van der Waals surface area contributed by atoms with Gasteiger partial charge >= 0.3 is 0 Å². The number of anilines is 3. The molecule has 2 heterocycles. The molecule has 0 saturated heterocycles. The number of allylic oxidation sites excluding steroid dienone is 1. The Bertz CT molecular complexity index is 2570. The molecule has 0 bridgehead atoms. The van der Waals surface area contributed by atoms with Crippen LogP contribution in [0.4, 0.5) is 15.7 Å². The van der Waals surface area contributed by atoms with Gasteiger partial charge in [-0.3, -0.25) is 4.90 Å². The molecule has 0 radical (unpaired) electrons. The van der Waals surface area contributed by atoms with Gasteiger partial charge in [-0.15, -0.1) is 22.7 Å². The summed E-state index contributed by atoms with van der Waals surface area (Å²) in [5, 5.41) is 23.7. The van der Waals surface area contributed by atoms with E-state index in [0.717, 1.165) is 22.0 Å². The first kappa shape index (κ1) is 25.7. The first-order chi connectivity index (χ1) is 22.2. The molecule has 0 amide bonds. The molecule has 0 fully saturated rings. The molecule has 7 aromatic carbocycles. The van der Waals surface area contributed by atoms with Gasteiger partial charge in [0.1, 0.15) is 10.0 Å². The number of benzene rings is 7. The van der Waals surface area contributed by atoms with Gasteiger partial charge in [0.2, 0.25) is 0 Å². The average molecular weight is 608 g/mol. The number of hydrogen-bond acceptors (Lipinski definition) is 4. The molecule has 0 aliphatic carbocycles. The van der Waals surface area contributed by atoms with Crippen LogP contribution in [0, 0.1) is 17.9 Å². The summed E-state index contributed by atoms with van der Waals surface area (Å²) >= 11 is 3.64. The van der Waals surface area contributed by atoms with Gasteiger partial charge in [-0.05, 0) is 90.4 Å². The molecule has 45 heavy (non-hydrogen) atoms. The minimum absolute atomic E-state index is 0.0845.